The van der Waals surface area contributed by atoms with Crippen LogP contribution in [0.4, 0.5) is 0 Å². The third-order valence-corrected chi connectivity index (χ3v) is 5.98. The van der Waals surface area contributed by atoms with Gasteiger partial charge in [-0.1, -0.05) is 31.2 Å². The van der Waals surface area contributed by atoms with E-state index in [1.54, 1.807) is 0 Å². The van der Waals surface area contributed by atoms with Gasteiger partial charge in [-0.15, -0.1) is 0 Å². The van der Waals surface area contributed by atoms with Crippen molar-refractivity contribution in [3.63, 3.8) is 0 Å². The van der Waals surface area contributed by atoms with Crippen molar-refractivity contribution in [2.24, 2.45) is 5.92 Å². The number of hydrogen-bond acceptors (Lipinski definition) is 4. The Morgan fingerprint density at radius 3 is 2.76 bits per heavy atom. The van der Waals surface area contributed by atoms with Gasteiger partial charge in [0, 0.05) is 22.8 Å². The van der Waals surface area contributed by atoms with Crippen molar-refractivity contribution in [1.29, 1.82) is 0 Å². The molecule has 1 aromatic heterocycles. The number of nitrogens with zero attached hydrogens (tertiary/aromatic N) is 1. The van der Waals surface area contributed by atoms with E-state index in [9.17, 15) is 5.11 Å². The summed E-state index contributed by atoms with van der Waals surface area (Å²) in [5.41, 5.74) is 2.16. The quantitative estimate of drug-likeness (QED) is 0.516. The molecule has 0 radical (unpaired) electrons. The van der Waals surface area contributed by atoms with Crippen LogP contribution >= 0.6 is 0 Å². The fraction of sp³-hybridized carbons (Fsp3) is 0.500. The number of H-pyrrole nitrogens is 1. The fourth-order valence-corrected chi connectivity index (χ4v) is 4.42. The maximum Gasteiger partial charge on any atom is 0.129 e. The van der Waals surface area contributed by atoms with Crippen molar-refractivity contribution in [3.05, 3.63) is 42.5 Å². The lowest BCUT2D eigenvalue weighted by molar-refractivity contribution is 0.104. The van der Waals surface area contributed by atoms with Crippen molar-refractivity contribution in [2.75, 3.05) is 39.3 Å². The van der Waals surface area contributed by atoms with E-state index < -0.39 is 6.10 Å². The van der Waals surface area contributed by atoms with Gasteiger partial charge in [0.05, 0.1) is 5.52 Å². The second kappa shape index (κ2) is 9.61. The number of hydrogen-bond donors (Lipinski definition) is 3. The molecule has 0 aliphatic carbocycles. The number of aliphatic hydroxyl groups excluding tert-OH is 1. The lowest BCUT2D eigenvalue weighted by atomic mass is 9.96. The van der Waals surface area contributed by atoms with Crippen molar-refractivity contribution in [3.8, 4) is 5.75 Å². The number of para-hydroxylation sites is 1. The average Bonchev–Trinajstić information content (AvgIpc) is 3.13. The van der Waals surface area contributed by atoms with E-state index in [1.165, 1.54) is 38.9 Å². The number of aromatic amines is 1. The first-order valence-electron chi connectivity index (χ1n) is 11.0. The van der Waals surface area contributed by atoms with Gasteiger partial charge in [-0.2, -0.15) is 0 Å². The molecular weight excluding hydrogens is 362 g/mol. The fourth-order valence-electron chi connectivity index (χ4n) is 4.42. The lowest BCUT2D eigenvalue weighted by Gasteiger charge is -2.31. The molecule has 1 saturated heterocycles. The summed E-state index contributed by atoms with van der Waals surface area (Å²) in [6.07, 6.45) is 3.22. The summed E-state index contributed by atoms with van der Waals surface area (Å²) in [6.45, 7) is 7.73. The molecule has 1 aliphatic heterocycles. The molecule has 0 spiro atoms. The van der Waals surface area contributed by atoms with Gasteiger partial charge in [-0.3, -0.25) is 0 Å². The maximum atomic E-state index is 10.4. The highest BCUT2D eigenvalue weighted by atomic mass is 16.5. The molecule has 0 bridgehead atoms. The number of nitrogens with one attached hydrogen (secondary N) is 2. The minimum atomic E-state index is -0.518. The van der Waals surface area contributed by atoms with Gasteiger partial charge in [-0.05, 0) is 69.6 Å². The van der Waals surface area contributed by atoms with Crippen molar-refractivity contribution < 1.29 is 9.84 Å². The highest BCUT2D eigenvalue weighted by molar-refractivity contribution is 6.10. The third kappa shape index (κ3) is 4.92. The first-order valence-corrected chi connectivity index (χ1v) is 11.0. The van der Waals surface area contributed by atoms with Crippen LogP contribution in [0.1, 0.15) is 26.2 Å². The molecule has 5 heteroatoms. The largest absolute Gasteiger partial charge is 0.490 e. The summed E-state index contributed by atoms with van der Waals surface area (Å²) in [6, 6.07) is 14.3. The molecule has 29 heavy (non-hydrogen) atoms. The van der Waals surface area contributed by atoms with Crippen molar-refractivity contribution in [2.45, 2.75) is 32.3 Å². The molecule has 3 N–H and O–H groups in total. The van der Waals surface area contributed by atoms with Crippen LogP contribution in [0.5, 0.6) is 5.75 Å². The zero-order chi connectivity index (χ0) is 20.1. The van der Waals surface area contributed by atoms with E-state index in [0.29, 0.717) is 13.2 Å². The van der Waals surface area contributed by atoms with E-state index in [0.717, 1.165) is 40.0 Å². The summed E-state index contributed by atoms with van der Waals surface area (Å²) in [7, 11) is 0. The Hall–Kier alpha value is -2.08. The first-order chi connectivity index (χ1) is 14.2. The molecule has 3 aromatic rings. The Labute approximate surface area is 173 Å². The summed E-state index contributed by atoms with van der Waals surface area (Å²) in [5, 5.41) is 16.1. The van der Waals surface area contributed by atoms with Crippen LogP contribution in [0.15, 0.2) is 42.5 Å². The minimum absolute atomic E-state index is 0.292. The van der Waals surface area contributed by atoms with Gasteiger partial charge in [0.2, 0.25) is 0 Å². The van der Waals surface area contributed by atoms with Crippen LogP contribution in [0.25, 0.3) is 21.8 Å². The zero-order valence-corrected chi connectivity index (χ0v) is 17.4. The van der Waals surface area contributed by atoms with E-state index >= 15 is 0 Å². The number of likely N-dealkylation sites (tertiary alicyclic amines) is 1. The van der Waals surface area contributed by atoms with Crippen LogP contribution in [-0.4, -0.2) is 60.4 Å². The number of aliphatic hydroxyl groups is 1. The van der Waals surface area contributed by atoms with Gasteiger partial charge in [-0.25, -0.2) is 0 Å². The Morgan fingerprint density at radius 1 is 1.14 bits per heavy atom. The molecule has 0 saturated carbocycles. The predicted molar refractivity (Wildman–Crippen MR) is 120 cm³/mol. The average molecular weight is 396 g/mol. The van der Waals surface area contributed by atoms with E-state index in [2.05, 4.69) is 40.3 Å². The van der Waals surface area contributed by atoms with Crippen LogP contribution in [0, 0.1) is 5.92 Å². The first kappa shape index (κ1) is 20.2. The number of aromatic nitrogens is 1. The summed E-state index contributed by atoms with van der Waals surface area (Å²) < 4.78 is 6.01. The van der Waals surface area contributed by atoms with Gasteiger partial charge in [0.25, 0.3) is 0 Å². The molecule has 0 amide bonds. The Balaban J connectivity index is 1.26. The van der Waals surface area contributed by atoms with E-state index in [-0.39, 0.29) is 0 Å². The zero-order valence-electron chi connectivity index (χ0n) is 17.4. The number of benzene rings is 2. The summed E-state index contributed by atoms with van der Waals surface area (Å²) >= 11 is 0. The number of fused-ring (bicyclic) bond motifs is 3. The summed E-state index contributed by atoms with van der Waals surface area (Å²) in [5.74, 6) is 1.54. The molecule has 1 fully saturated rings. The van der Waals surface area contributed by atoms with Crippen LogP contribution in [0.2, 0.25) is 0 Å². The monoisotopic (exact) mass is 395 g/mol. The Kier molecular flexibility index (Phi) is 6.70. The normalized spacial score (nSPS) is 17.2. The van der Waals surface area contributed by atoms with E-state index in [1.807, 2.05) is 24.3 Å². The molecule has 1 aliphatic rings. The summed E-state index contributed by atoms with van der Waals surface area (Å²) in [4.78, 5) is 5.99. The predicted octanol–water partition coefficient (Wildman–Crippen LogP) is 3.77. The lowest BCUT2D eigenvalue weighted by Crippen LogP contribution is -2.39. The van der Waals surface area contributed by atoms with Crippen LogP contribution < -0.4 is 10.1 Å². The van der Waals surface area contributed by atoms with Gasteiger partial charge in [0.15, 0.2) is 0 Å². The number of ether oxygens (including phenoxy) is 1. The minimum Gasteiger partial charge on any atom is -0.490 e. The van der Waals surface area contributed by atoms with E-state index in [4.69, 9.17) is 4.74 Å². The van der Waals surface area contributed by atoms with Gasteiger partial charge < -0.3 is 25.0 Å². The van der Waals surface area contributed by atoms with Gasteiger partial charge in [0.1, 0.15) is 18.5 Å². The Bertz CT molecular complexity index is 915. The van der Waals surface area contributed by atoms with Crippen molar-refractivity contribution in [1.82, 2.24) is 15.2 Å². The molecule has 156 valence electrons. The van der Waals surface area contributed by atoms with Crippen molar-refractivity contribution >= 4 is 21.8 Å². The second-order valence-electron chi connectivity index (χ2n) is 8.26. The highest BCUT2D eigenvalue weighted by Gasteiger charge is 2.18. The molecule has 1 atom stereocenters. The number of rotatable bonds is 9. The molecule has 0 unspecified atom stereocenters. The number of piperidine rings is 1. The molecule has 4 rings (SSSR count). The topological polar surface area (TPSA) is 60.5 Å². The molecular formula is C24H33N3O2. The third-order valence-electron chi connectivity index (χ3n) is 5.98. The maximum absolute atomic E-state index is 10.4. The molecule has 2 heterocycles. The SMILES string of the molecule is CCCN1CCC(CNC[C@H](O)COc2cccc3[nH]c4ccccc4c23)CC1. The van der Waals surface area contributed by atoms with Crippen LogP contribution in [0.3, 0.4) is 0 Å². The van der Waals surface area contributed by atoms with Gasteiger partial charge >= 0.3 is 0 Å². The second-order valence-corrected chi connectivity index (χ2v) is 8.26. The highest BCUT2D eigenvalue weighted by Crippen LogP contribution is 2.32. The smallest absolute Gasteiger partial charge is 0.129 e. The molecule has 2 aromatic carbocycles. The standard InChI is InChI=1S/C24H33N3O2/c1-2-12-27-13-10-18(11-14-27)15-25-16-19(28)17-29-23-9-5-8-22-24(23)20-6-3-4-7-21(20)26-22/h3-9,18-19,25-26,28H,2,10-17H2,1H3/t19-/m0/s1. The Morgan fingerprint density at radius 2 is 1.93 bits per heavy atom. The molecule has 5 nitrogen and oxygen atoms in total. The van der Waals surface area contributed by atoms with Crippen LogP contribution in [-0.2, 0) is 0 Å².